The third-order valence-corrected chi connectivity index (χ3v) is 6.33. The first-order valence-electron chi connectivity index (χ1n) is 11.2. The molecular formula is C25H27N5O3. The van der Waals surface area contributed by atoms with Crippen molar-refractivity contribution < 1.29 is 14.3 Å². The monoisotopic (exact) mass is 445 g/mol. The quantitative estimate of drug-likeness (QED) is 0.602. The number of nitrogens with zero attached hydrogens (tertiary/aromatic N) is 5. The molecule has 2 aromatic carbocycles. The molecule has 3 heterocycles. The van der Waals surface area contributed by atoms with E-state index in [1.54, 1.807) is 22.9 Å². The van der Waals surface area contributed by atoms with E-state index in [9.17, 15) is 9.59 Å². The topological polar surface area (TPSA) is 70.9 Å². The summed E-state index contributed by atoms with van der Waals surface area (Å²) in [4.78, 5) is 31.9. The van der Waals surface area contributed by atoms with Gasteiger partial charge >= 0.3 is 0 Å². The summed E-state index contributed by atoms with van der Waals surface area (Å²) >= 11 is 0. The van der Waals surface area contributed by atoms with Crippen LogP contribution in [0.2, 0.25) is 0 Å². The predicted molar refractivity (Wildman–Crippen MR) is 125 cm³/mol. The lowest BCUT2D eigenvalue weighted by Gasteiger charge is -2.34. The second-order valence-electron chi connectivity index (χ2n) is 8.32. The van der Waals surface area contributed by atoms with Gasteiger partial charge < -0.3 is 14.5 Å². The van der Waals surface area contributed by atoms with E-state index < -0.39 is 0 Å². The first-order chi connectivity index (χ1) is 16.1. The van der Waals surface area contributed by atoms with Gasteiger partial charge in [-0.05, 0) is 30.2 Å². The average Bonchev–Trinajstić information content (AvgIpc) is 3.49. The highest BCUT2D eigenvalue weighted by Crippen LogP contribution is 2.27. The number of hydrogen-bond acceptors (Lipinski definition) is 5. The molecule has 2 amide bonds. The molecule has 0 radical (unpaired) electrons. The Balaban J connectivity index is 1.21. The number of piperazine rings is 1. The molecule has 1 fully saturated rings. The highest BCUT2D eigenvalue weighted by Gasteiger charge is 2.30. The van der Waals surface area contributed by atoms with Crippen LogP contribution in [0.4, 0.5) is 5.69 Å². The van der Waals surface area contributed by atoms with Crippen molar-refractivity contribution in [1.82, 2.24) is 19.6 Å². The van der Waals surface area contributed by atoms with Crippen molar-refractivity contribution in [2.75, 3.05) is 51.3 Å². The van der Waals surface area contributed by atoms with Crippen LogP contribution in [-0.4, -0.2) is 77.8 Å². The molecule has 0 atom stereocenters. The molecule has 2 aliphatic heterocycles. The summed E-state index contributed by atoms with van der Waals surface area (Å²) in [5, 5.41) is 4.49. The van der Waals surface area contributed by atoms with Crippen LogP contribution in [0.1, 0.15) is 16.1 Å². The zero-order chi connectivity index (χ0) is 22.8. The molecular weight excluding hydrogens is 418 g/mol. The second kappa shape index (κ2) is 9.07. The van der Waals surface area contributed by atoms with Gasteiger partial charge in [-0.2, -0.15) is 5.10 Å². The summed E-state index contributed by atoms with van der Waals surface area (Å²) in [7, 11) is 1.54. The minimum absolute atomic E-state index is 0.114. The molecule has 8 heteroatoms. The van der Waals surface area contributed by atoms with E-state index in [1.165, 1.54) is 5.56 Å². The number of ether oxygens (including phenoxy) is 1. The molecule has 8 nitrogen and oxygen atoms in total. The third kappa shape index (κ3) is 4.21. The van der Waals surface area contributed by atoms with E-state index in [1.807, 2.05) is 53.4 Å². The van der Waals surface area contributed by atoms with Crippen molar-refractivity contribution in [2.24, 2.45) is 0 Å². The molecule has 0 bridgehead atoms. The van der Waals surface area contributed by atoms with Crippen LogP contribution in [0.5, 0.6) is 5.75 Å². The van der Waals surface area contributed by atoms with Gasteiger partial charge in [0.2, 0.25) is 5.91 Å². The number of hydrogen-bond donors (Lipinski definition) is 0. The molecule has 33 heavy (non-hydrogen) atoms. The van der Waals surface area contributed by atoms with Crippen molar-refractivity contribution in [2.45, 2.75) is 6.42 Å². The number of para-hydroxylation sites is 2. The van der Waals surface area contributed by atoms with Crippen LogP contribution >= 0.6 is 0 Å². The van der Waals surface area contributed by atoms with E-state index >= 15 is 0 Å². The first-order valence-corrected chi connectivity index (χ1v) is 11.2. The molecule has 2 aliphatic rings. The van der Waals surface area contributed by atoms with E-state index in [4.69, 9.17) is 4.74 Å². The Kier molecular flexibility index (Phi) is 5.83. The predicted octanol–water partition coefficient (Wildman–Crippen LogP) is 2.23. The summed E-state index contributed by atoms with van der Waals surface area (Å²) in [6.07, 6.45) is 2.63. The molecule has 0 spiro atoms. The first kappa shape index (κ1) is 21.2. The fourth-order valence-corrected chi connectivity index (χ4v) is 4.50. The number of carbonyl (C=O) groups excluding carboxylic acids is 2. The van der Waals surface area contributed by atoms with Gasteiger partial charge in [0.25, 0.3) is 5.91 Å². The molecule has 0 saturated carbocycles. The number of fused-ring (bicyclic) bond motifs is 1. The fraction of sp³-hybridized carbons (Fsp3) is 0.320. The number of anilines is 1. The van der Waals surface area contributed by atoms with Crippen LogP contribution in [-0.2, 0) is 11.2 Å². The number of rotatable bonds is 5. The Morgan fingerprint density at radius 1 is 0.939 bits per heavy atom. The van der Waals surface area contributed by atoms with E-state index in [0.717, 1.165) is 24.3 Å². The highest BCUT2D eigenvalue weighted by molar-refractivity contribution is 5.97. The molecule has 0 unspecified atom stereocenters. The summed E-state index contributed by atoms with van der Waals surface area (Å²) in [5.41, 5.74) is 3.42. The zero-order valence-electron chi connectivity index (χ0n) is 18.7. The van der Waals surface area contributed by atoms with E-state index in [2.05, 4.69) is 16.1 Å². The van der Waals surface area contributed by atoms with Crippen LogP contribution < -0.4 is 9.64 Å². The summed E-state index contributed by atoms with van der Waals surface area (Å²) in [6, 6.07) is 17.7. The maximum atomic E-state index is 13.2. The highest BCUT2D eigenvalue weighted by atomic mass is 16.5. The second-order valence-corrected chi connectivity index (χ2v) is 8.32. The summed E-state index contributed by atoms with van der Waals surface area (Å²) < 4.78 is 7.09. The number of aromatic nitrogens is 2. The number of benzene rings is 2. The molecule has 3 aromatic rings. The van der Waals surface area contributed by atoms with Gasteiger partial charge in [0, 0.05) is 38.4 Å². The molecule has 0 aliphatic carbocycles. The van der Waals surface area contributed by atoms with Crippen molar-refractivity contribution >= 4 is 17.5 Å². The Bertz CT molecular complexity index is 1150. The van der Waals surface area contributed by atoms with Gasteiger partial charge in [-0.25, -0.2) is 4.68 Å². The largest absolute Gasteiger partial charge is 0.493 e. The smallest absolute Gasteiger partial charge is 0.278 e. The lowest BCUT2D eigenvalue weighted by molar-refractivity contribution is -0.120. The number of methoxy groups -OCH3 is 1. The Morgan fingerprint density at radius 3 is 2.42 bits per heavy atom. The Morgan fingerprint density at radius 2 is 1.67 bits per heavy atom. The minimum Gasteiger partial charge on any atom is -0.493 e. The molecule has 1 aromatic heterocycles. The third-order valence-electron chi connectivity index (χ3n) is 6.33. The van der Waals surface area contributed by atoms with Gasteiger partial charge in [-0.3, -0.25) is 14.5 Å². The van der Waals surface area contributed by atoms with Crippen molar-refractivity contribution in [3.05, 3.63) is 72.1 Å². The van der Waals surface area contributed by atoms with Crippen LogP contribution in [0.15, 0.2) is 60.8 Å². The van der Waals surface area contributed by atoms with Crippen molar-refractivity contribution in [3.63, 3.8) is 0 Å². The fourth-order valence-electron chi connectivity index (χ4n) is 4.50. The van der Waals surface area contributed by atoms with Gasteiger partial charge in [0.05, 0.1) is 25.5 Å². The van der Waals surface area contributed by atoms with Crippen LogP contribution in [0, 0.1) is 0 Å². The normalized spacial score (nSPS) is 16.0. The lowest BCUT2D eigenvalue weighted by atomic mass is 10.2. The molecule has 5 rings (SSSR count). The number of carbonyl (C=O) groups is 2. The molecule has 1 saturated heterocycles. The maximum Gasteiger partial charge on any atom is 0.278 e. The SMILES string of the molecule is COc1cn(-c2ccccc2)nc1C(=O)N1CCN(CC(=O)N2CCc3ccccc32)CC1. The van der Waals surface area contributed by atoms with E-state index in [0.29, 0.717) is 44.2 Å². The van der Waals surface area contributed by atoms with Crippen LogP contribution in [0.3, 0.4) is 0 Å². The zero-order valence-corrected chi connectivity index (χ0v) is 18.7. The standard InChI is InChI=1S/C25H27N5O3/c1-33-22-17-30(20-8-3-2-4-9-20)26-24(22)25(32)28-15-13-27(14-16-28)18-23(31)29-12-11-19-7-5-6-10-21(19)29/h2-10,17H,11-16,18H2,1H3. The summed E-state index contributed by atoms with van der Waals surface area (Å²) in [5.74, 6) is 0.415. The van der Waals surface area contributed by atoms with Gasteiger partial charge in [0.15, 0.2) is 11.4 Å². The minimum atomic E-state index is -0.152. The maximum absolute atomic E-state index is 13.2. The molecule has 0 N–H and O–H groups in total. The Hall–Kier alpha value is -3.65. The number of amides is 2. The van der Waals surface area contributed by atoms with Crippen molar-refractivity contribution in [3.8, 4) is 11.4 Å². The lowest BCUT2D eigenvalue weighted by Crippen LogP contribution is -2.51. The summed E-state index contributed by atoms with van der Waals surface area (Å²) in [6.45, 7) is 3.49. The van der Waals surface area contributed by atoms with E-state index in [-0.39, 0.29) is 11.8 Å². The van der Waals surface area contributed by atoms with Gasteiger partial charge in [-0.1, -0.05) is 36.4 Å². The van der Waals surface area contributed by atoms with Crippen LogP contribution in [0.25, 0.3) is 5.69 Å². The van der Waals surface area contributed by atoms with Gasteiger partial charge in [0.1, 0.15) is 0 Å². The van der Waals surface area contributed by atoms with Crippen molar-refractivity contribution in [1.29, 1.82) is 0 Å². The van der Waals surface area contributed by atoms with Gasteiger partial charge in [-0.15, -0.1) is 0 Å². The average molecular weight is 446 g/mol. The molecule has 170 valence electrons. The Labute approximate surface area is 193 Å².